The molecule has 0 fully saturated rings. The SMILES string of the molecule is C=C(C(C)=C=C/C=C(\C)NC(C)(C)C)C(C)(C)C. The highest BCUT2D eigenvalue weighted by atomic mass is 14.9. The van der Waals surface area contributed by atoms with Gasteiger partial charge in [0.2, 0.25) is 0 Å². The van der Waals surface area contributed by atoms with Crippen molar-refractivity contribution in [3.8, 4) is 0 Å². The highest BCUT2D eigenvalue weighted by molar-refractivity contribution is 5.31. The van der Waals surface area contributed by atoms with E-state index in [9.17, 15) is 0 Å². The molecule has 0 saturated carbocycles. The van der Waals surface area contributed by atoms with Gasteiger partial charge in [0.05, 0.1) is 0 Å². The van der Waals surface area contributed by atoms with Crippen molar-refractivity contribution >= 4 is 0 Å². The summed E-state index contributed by atoms with van der Waals surface area (Å²) in [5.74, 6) is 0. The molecule has 0 bridgehead atoms. The zero-order chi connectivity index (χ0) is 14.6. The van der Waals surface area contributed by atoms with Crippen molar-refractivity contribution in [3.05, 3.63) is 41.3 Å². The van der Waals surface area contributed by atoms with E-state index < -0.39 is 0 Å². The van der Waals surface area contributed by atoms with Gasteiger partial charge < -0.3 is 5.32 Å². The van der Waals surface area contributed by atoms with Gasteiger partial charge in [-0.2, -0.15) is 0 Å². The highest BCUT2D eigenvalue weighted by Gasteiger charge is 2.15. The number of hydrogen-bond acceptors (Lipinski definition) is 1. The first-order valence-corrected chi connectivity index (χ1v) is 6.51. The Morgan fingerprint density at radius 3 is 1.94 bits per heavy atom. The topological polar surface area (TPSA) is 12.0 Å². The molecule has 0 aliphatic rings. The molecule has 0 unspecified atom stereocenters. The van der Waals surface area contributed by atoms with Crippen LogP contribution in [0.25, 0.3) is 0 Å². The second-order valence-electron chi connectivity index (χ2n) is 6.89. The van der Waals surface area contributed by atoms with E-state index >= 15 is 0 Å². The van der Waals surface area contributed by atoms with Gasteiger partial charge in [0.1, 0.15) is 0 Å². The lowest BCUT2D eigenvalue weighted by atomic mass is 9.84. The Hall–Kier alpha value is -1.20. The van der Waals surface area contributed by atoms with Gasteiger partial charge in [0, 0.05) is 11.2 Å². The van der Waals surface area contributed by atoms with Crippen molar-refractivity contribution in [2.45, 2.75) is 60.9 Å². The molecule has 0 saturated heterocycles. The Morgan fingerprint density at radius 1 is 1.06 bits per heavy atom. The average Bonchev–Trinajstić information content (AvgIpc) is 2.11. The zero-order valence-corrected chi connectivity index (χ0v) is 13.4. The normalized spacial score (nSPS) is 12.8. The fourth-order valence-electron chi connectivity index (χ4n) is 1.57. The van der Waals surface area contributed by atoms with Gasteiger partial charge >= 0.3 is 0 Å². The molecule has 0 aromatic heterocycles. The summed E-state index contributed by atoms with van der Waals surface area (Å²) in [5.41, 5.74) is 6.87. The van der Waals surface area contributed by atoms with Crippen LogP contribution in [0.4, 0.5) is 0 Å². The van der Waals surface area contributed by atoms with Crippen LogP contribution in [0, 0.1) is 5.41 Å². The predicted octanol–water partition coefficient (Wildman–Crippen LogP) is 4.98. The minimum Gasteiger partial charge on any atom is -0.384 e. The van der Waals surface area contributed by atoms with Crippen LogP contribution in [0.3, 0.4) is 0 Å². The lowest BCUT2D eigenvalue weighted by Gasteiger charge is -2.22. The van der Waals surface area contributed by atoms with E-state index in [0.717, 1.165) is 16.8 Å². The molecular weight excluding hydrogens is 218 g/mol. The molecule has 1 nitrogen and oxygen atoms in total. The Labute approximate surface area is 113 Å². The highest BCUT2D eigenvalue weighted by Crippen LogP contribution is 2.28. The summed E-state index contributed by atoms with van der Waals surface area (Å²) in [6, 6.07) is 0. The summed E-state index contributed by atoms with van der Waals surface area (Å²) < 4.78 is 0. The van der Waals surface area contributed by atoms with Crippen molar-refractivity contribution in [3.63, 3.8) is 0 Å². The standard InChI is InChI=1S/C17H29N/c1-13(15(3)16(4,5)6)11-10-12-14(2)18-17(7,8)9/h10,12,18H,3H2,1-2,4-9H3/b14-12+. The van der Waals surface area contributed by atoms with Crippen LogP contribution in [0.15, 0.2) is 41.3 Å². The predicted molar refractivity (Wildman–Crippen MR) is 82.5 cm³/mol. The maximum absolute atomic E-state index is 4.13. The molecular formula is C17H29N. The van der Waals surface area contributed by atoms with E-state index in [1.54, 1.807) is 0 Å². The smallest absolute Gasteiger partial charge is 0.0286 e. The number of rotatable bonds is 3. The van der Waals surface area contributed by atoms with E-state index in [-0.39, 0.29) is 11.0 Å². The minimum absolute atomic E-state index is 0.0994. The van der Waals surface area contributed by atoms with Gasteiger partial charge in [0.15, 0.2) is 0 Å². The molecule has 1 heteroatoms. The molecule has 0 heterocycles. The maximum atomic E-state index is 4.13. The molecule has 0 amide bonds. The van der Waals surface area contributed by atoms with Crippen molar-refractivity contribution in [2.24, 2.45) is 5.41 Å². The fourth-order valence-corrected chi connectivity index (χ4v) is 1.57. The molecule has 0 aromatic rings. The summed E-state index contributed by atoms with van der Waals surface area (Å²) in [4.78, 5) is 0. The van der Waals surface area contributed by atoms with Gasteiger partial charge in [0.25, 0.3) is 0 Å². The monoisotopic (exact) mass is 247 g/mol. The molecule has 0 aliphatic heterocycles. The van der Waals surface area contributed by atoms with E-state index in [4.69, 9.17) is 0 Å². The van der Waals surface area contributed by atoms with Crippen LogP contribution in [0.5, 0.6) is 0 Å². The van der Waals surface area contributed by atoms with Crippen LogP contribution < -0.4 is 5.32 Å². The Bertz CT molecular complexity index is 388. The minimum atomic E-state index is 0.0994. The zero-order valence-electron chi connectivity index (χ0n) is 13.4. The van der Waals surface area contributed by atoms with Crippen LogP contribution in [0.1, 0.15) is 55.4 Å². The fraction of sp³-hybridized carbons (Fsp3) is 0.588. The number of hydrogen-bond donors (Lipinski definition) is 1. The molecule has 1 N–H and O–H groups in total. The Balaban J connectivity index is 4.84. The molecule has 0 spiro atoms. The van der Waals surface area contributed by atoms with E-state index in [0.29, 0.717) is 0 Å². The lowest BCUT2D eigenvalue weighted by Crippen LogP contribution is -2.34. The van der Waals surface area contributed by atoms with Crippen molar-refractivity contribution in [2.75, 3.05) is 0 Å². The first-order chi connectivity index (χ1) is 7.93. The molecule has 0 radical (unpaired) electrons. The number of allylic oxidation sites excluding steroid dienone is 4. The van der Waals surface area contributed by atoms with Gasteiger partial charge in [-0.15, -0.1) is 5.73 Å². The van der Waals surface area contributed by atoms with Crippen LogP contribution in [0.2, 0.25) is 0 Å². The van der Waals surface area contributed by atoms with Gasteiger partial charge in [-0.1, -0.05) is 27.4 Å². The van der Waals surface area contributed by atoms with Crippen LogP contribution >= 0.6 is 0 Å². The first-order valence-electron chi connectivity index (χ1n) is 6.51. The molecule has 0 rings (SSSR count). The summed E-state index contributed by atoms with van der Waals surface area (Å²) in [7, 11) is 0. The first kappa shape index (κ1) is 16.8. The van der Waals surface area contributed by atoms with Crippen LogP contribution in [-0.2, 0) is 0 Å². The van der Waals surface area contributed by atoms with Gasteiger partial charge in [-0.05, 0) is 63.3 Å². The summed E-state index contributed by atoms with van der Waals surface area (Å²) in [6.45, 7) is 21.2. The molecule has 18 heavy (non-hydrogen) atoms. The second kappa shape index (κ2) is 6.11. The largest absolute Gasteiger partial charge is 0.384 e. The quantitative estimate of drug-likeness (QED) is 0.547. The average molecular weight is 247 g/mol. The van der Waals surface area contributed by atoms with E-state index in [1.807, 2.05) is 12.2 Å². The van der Waals surface area contributed by atoms with E-state index in [2.05, 4.69) is 73.0 Å². The van der Waals surface area contributed by atoms with E-state index in [1.165, 1.54) is 0 Å². The van der Waals surface area contributed by atoms with Gasteiger partial charge in [-0.3, -0.25) is 0 Å². The van der Waals surface area contributed by atoms with Crippen molar-refractivity contribution in [1.82, 2.24) is 5.32 Å². The van der Waals surface area contributed by atoms with Crippen LogP contribution in [-0.4, -0.2) is 5.54 Å². The molecule has 0 aliphatic carbocycles. The molecule has 0 aromatic carbocycles. The summed E-state index contributed by atoms with van der Waals surface area (Å²) in [6.07, 6.45) is 4.00. The van der Waals surface area contributed by atoms with Gasteiger partial charge in [-0.25, -0.2) is 0 Å². The third-order valence-corrected chi connectivity index (χ3v) is 2.56. The third kappa shape index (κ3) is 7.19. The second-order valence-corrected chi connectivity index (χ2v) is 6.89. The summed E-state index contributed by atoms with van der Waals surface area (Å²) in [5, 5.41) is 3.41. The maximum Gasteiger partial charge on any atom is 0.0286 e. The Morgan fingerprint density at radius 2 is 1.56 bits per heavy atom. The Kier molecular flexibility index (Phi) is 5.70. The molecule has 0 atom stereocenters. The summed E-state index contributed by atoms with van der Waals surface area (Å²) >= 11 is 0. The molecule has 102 valence electrons. The number of nitrogens with one attached hydrogen (secondary N) is 1. The van der Waals surface area contributed by atoms with Crippen molar-refractivity contribution in [1.29, 1.82) is 0 Å². The lowest BCUT2D eigenvalue weighted by molar-refractivity contribution is 0.473. The van der Waals surface area contributed by atoms with Crippen molar-refractivity contribution < 1.29 is 0 Å². The third-order valence-electron chi connectivity index (χ3n) is 2.56.